The van der Waals surface area contributed by atoms with Gasteiger partial charge in [0.2, 0.25) is 0 Å². The van der Waals surface area contributed by atoms with E-state index in [1.807, 2.05) is 55.5 Å². The Kier molecular flexibility index (Phi) is 5.98. The molecule has 150 valence electrons. The highest BCUT2D eigenvalue weighted by Gasteiger charge is 2.08. The van der Waals surface area contributed by atoms with Gasteiger partial charge in [0.15, 0.2) is 0 Å². The van der Waals surface area contributed by atoms with Crippen LogP contribution in [0.2, 0.25) is 0 Å². The van der Waals surface area contributed by atoms with E-state index < -0.39 is 6.10 Å². The van der Waals surface area contributed by atoms with E-state index in [0.29, 0.717) is 19.7 Å². The van der Waals surface area contributed by atoms with E-state index >= 15 is 0 Å². The molecule has 0 saturated heterocycles. The summed E-state index contributed by atoms with van der Waals surface area (Å²) in [6.45, 7) is 3.92. The maximum absolute atomic E-state index is 10.2. The van der Waals surface area contributed by atoms with Crippen LogP contribution in [0, 0.1) is 6.92 Å². The molecule has 1 aromatic heterocycles. The Balaban J connectivity index is 1.22. The van der Waals surface area contributed by atoms with Crippen LogP contribution in [0.3, 0.4) is 0 Å². The van der Waals surface area contributed by atoms with Crippen molar-refractivity contribution in [2.75, 3.05) is 26.3 Å². The number of para-hydroxylation sites is 2. The summed E-state index contributed by atoms with van der Waals surface area (Å²) >= 11 is 0. The van der Waals surface area contributed by atoms with Gasteiger partial charge >= 0.3 is 0 Å². The van der Waals surface area contributed by atoms with Crippen molar-refractivity contribution >= 4 is 21.8 Å². The Hall–Kier alpha value is -3.02. The first kappa shape index (κ1) is 19.3. The molecule has 0 aliphatic heterocycles. The van der Waals surface area contributed by atoms with Crippen molar-refractivity contribution in [1.82, 2.24) is 10.3 Å². The van der Waals surface area contributed by atoms with E-state index in [1.54, 1.807) is 0 Å². The molecule has 0 saturated carbocycles. The van der Waals surface area contributed by atoms with Crippen molar-refractivity contribution < 1.29 is 14.6 Å². The normalized spacial score (nSPS) is 12.3. The number of ether oxygens (including phenoxy) is 2. The number of aromatic amines is 1. The van der Waals surface area contributed by atoms with E-state index in [1.165, 1.54) is 10.8 Å². The summed E-state index contributed by atoms with van der Waals surface area (Å²) in [5, 5.41) is 15.7. The summed E-state index contributed by atoms with van der Waals surface area (Å²) in [6, 6.07) is 22.1. The van der Waals surface area contributed by atoms with Crippen molar-refractivity contribution in [2.45, 2.75) is 13.0 Å². The minimum absolute atomic E-state index is 0.234. The summed E-state index contributed by atoms with van der Waals surface area (Å²) in [5.41, 5.74) is 3.26. The fraction of sp³-hybridized carbons (Fsp3) is 0.250. The lowest BCUT2D eigenvalue weighted by Gasteiger charge is -2.14. The minimum Gasteiger partial charge on any atom is -0.492 e. The summed E-state index contributed by atoms with van der Waals surface area (Å²) < 4.78 is 11.5. The molecule has 0 aliphatic rings. The second kappa shape index (κ2) is 8.99. The largest absolute Gasteiger partial charge is 0.492 e. The van der Waals surface area contributed by atoms with E-state index in [-0.39, 0.29) is 6.61 Å². The van der Waals surface area contributed by atoms with Crippen LogP contribution in [0.25, 0.3) is 21.8 Å². The van der Waals surface area contributed by atoms with Gasteiger partial charge in [-0.05, 0) is 36.8 Å². The third-order valence-electron chi connectivity index (χ3n) is 4.93. The number of aromatic nitrogens is 1. The highest BCUT2D eigenvalue weighted by molar-refractivity contribution is 6.07. The maximum Gasteiger partial charge on any atom is 0.122 e. The Morgan fingerprint density at radius 1 is 0.931 bits per heavy atom. The number of rotatable bonds is 9. The molecule has 1 unspecified atom stereocenters. The van der Waals surface area contributed by atoms with Gasteiger partial charge in [-0.15, -0.1) is 0 Å². The third-order valence-corrected chi connectivity index (χ3v) is 4.93. The molecule has 29 heavy (non-hydrogen) atoms. The lowest BCUT2D eigenvalue weighted by molar-refractivity contribution is 0.105. The average Bonchev–Trinajstić information content (AvgIpc) is 3.11. The van der Waals surface area contributed by atoms with Crippen LogP contribution in [0.5, 0.6) is 11.5 Å². The number of benzene rings is 3. The molecule has 0 aliphatic carbocycles. The third kappa shape index (κ3) is 4.70. The topological polar surface area (TPSA) is 66.5 Å². The molecule has 0 bridgehead atoms. The lowest BCUT2D eigenvalue weighted by Crippen LogP contribution is -2.33. The Labute approximate surface area is 170 Å². The van der Waals surface area contributed by atoms with Crippen molar-refractivity contribution in [3.8, 4) is 11.5 Å². The van der Waals surface area contributed by atoms with Crippen molar-refractivity contribution in [2.24, 2.45) is 0 Å². The van der Waals surface area contributed by atoms with Gasteiger partial charge in [-0.1, -0.05) is 36.4 Å². The number of aliphatic hydroxyl groups excluding tert-OH is 1. The number of hydrogen-bond donors (Lipinski definition) is 3. The predicted octanol–water partition coefficient (Wildman–Crippen LogP) is 4.04. The van der Waals surface area contributed by atoms with Crippen LogP contribution < -0.4 is 14.8 Å². The number of fused-ring (bicyclic) bond motifs is 3. The highest BCUT2D eigenvalue weighted by Crippen LogP contribution is 2.28. The molecule has 4 aromatic rings. The number of aryl methyl sites for hydroxylation is 1. The monoisotopic (exact) mass is 390 g/mol. The molecule has 4 rings (SSSR count). The van der Waals surface area contributed by atoms with E-state index in [0.717, 1.165) is 28.1 Å². The zero-order valence-corrected chi connectivity index (χ0v) is 16.5. The summed E-state index contributed by atoms with van der Waals surface area (Å²) in [4.78, 5) is 3.40. The van der Waals surface area contributed by atoms with Gasteiger partial charge in [0.05, 0.1) is 5.52 Å². The second-order valence-corrected chi connectivity index (χ2v) is 7.16. The molecule has 0 amide bonds. The zero-order valence-electron chi connectivity index (χ0n) is 16.5. The molecular formula is C24H26N2O3. The minimum atomic E-state index is -0.591. The number of nitrogens with one attached hydrogen (secondary N) is 2. The van der Waals surface area contributed by atoms with Gasteiger partial charge in [-0.3, -0.25) is 0 Å². The number of aliphatic hydroxyl groups is 1. The quantitative estimate of drug-likeness (QED) is 0.378. The predicted molar refractivity (Wildman–Crippen MR) is 117 cm³/mol. The number of hydrogen-bond acceptors (Lipinski definition) is 4. The standard InChI is InChI=1S/C24H26N2O3/c1-17-6-2-5-9-24(17)28-13-12-25-15-18(27)16-29-19-10-11-21-20-7-3-4-8-22(20)26-23(21)14-19/h2-11,14,18,25-27H,12-13,15-16H2,1H3. The Morgan fingerprint density at radius 3 is 2.62 bits per heavy atom. The van der Waals surface area contributed by atoms with Crippen LogP contribution >= 0.6 is 0 Å². The molecule has 5 heteroatoms. The van der Waals surface area contributed by atoms with Crippen LogP contribution in [-0.2, 0) is 0 Å². The lowest BCUT2D eigenvalue weighted by atomic mass is 10.1. The van der Waals surface area contributed by atoms with Gasteiger partial charge in [0, 0.05) is 35.4 Å². The molecule has 3 aromatic carbocycles. The molecule has 0 radical (unpaired) electrons. The zero-order chi connectivity index (χ0) is 20.1. The maximum atomic E-state index is 10.2. The molecule has 1 heterocycles. The summed E-state index contributed by atoms with van der Waals surface area (Å²) in [6.07, 6.45) is -0.591. The second-order valence-electron chi connectivity index (χ2n) is 7.16. The van der Waals surface area contributed by atoms with Gasteiger partial charge in [-0.25, -0.2) is 0 Å². The molecule has 0 spiro atoms. The Bertz CT molecular complexity index is 1090. The van der Waals surface area contributed by atoms with Crippen LogP contribution in [0.15, 0.2) is 66.7 Å². The van der Waals surface area contributed by atoms with Crippen molar-refractivity contribution in [3.05, 3.63) is 72.3 Å². The molecule has 3 N–H and O–H groups in total. The van der Waals surface area contributed by atoms with Crippen LogP contribution in [-0.4, -0.2) is 42.5 Å². The smallest absolute Gasteiger partial charge is 0.122 e. The van der Waals surface area contributed by atoms with E-state index in [4.69, 9.17) is 9.47 Å². The first-order valence-corrected chi connectivity index (χ1v) is 9.91. The van der Waals surface area contributed by atoms with Crippen LogP contribution in [0.4, 0.5) is 0 Å². The molecule has 1 atom stereocenters. The molecule has 5 nitrogen and oxygen atoms in total. The summed E-state index contributed by atoms with van der Waals surface area (Å²) in [7, 11) is 0. The summed E-state index contributed by atoms with van der Waals surface area (Å²) in [5.74, 6) is 1.64. The number of H-pyrrole nitrogens is 1. The van der Waals surface area contributed by atoms with E-state index in [9.17, 15) is 5.11 Å². The first-order chi connectivity index (χ1) is 14.2. The van der Waals surface area contributed by atoms with Gasteiger partial charge in [0.25, 0.3) is 0 Å². The van der Waals surface area contributed by atoms with Crippen molar-refractivity contribution in [3.63, 3.8) is 0 Å². The van der Waals surface area contributed by atoms with Gasteiger partial charge in [0.1, 0.15) is 30.8 Å². The van der Waals surface area contributed by atoms with Crippen LogP contribution in [0.1, 0.15) is 5.56 Å². The highest BCUT2D eigenvalue weighted by atomic mass is 16.5. The molecule has 0 fully saturated rings. The SMILES string of the molecule is Cc1ccccc1OCCNCC(O)COc1ccc2c(c1)[nH]c1ccccc12. The first-order valence-electron chi connectivity index (χ1n) is 9.91. The molecular weight excluding hydrogens is 364 g/mol. The fourth-order valence-electron chi connectivity index (χ4n) is 3.40. The van der Waals surface area contributed by atoms with Gasteiger partial charge in [-0.2, -0.15) is 0 Å². The van der Waals surface area contributed by atoms with Crippen molar-refractivity contribution in [1.29, 1.82) is 0 Å². The Morgan fingerprint density at radius 2 is 1.72 bits per heavy atom. The fourth-order valence-corrected chi connectivity index (χ4v) is 3.40. The average molecular weight is 390 g/mol. The van der Waals surface area contributed by atoms with Gasteiger partial charge < -0.3 is 24.9 Å². The van der Waals surface area contributed by atoms with E-state index in [2.05, 4.69) is 28.5 Å².